The number of methoxy groups -OCH3 is 2. The summed E-state index contributed by atoms with van der Waals surface area (Å²) in [6.45, 7) is 5.10. The van der Waals surface area contributed by atoms with Crippen LogP contribution in [0.5, 0.6) is 17.2 Å². The summed E-state index contributed by atoms with van der Waals surface area (Å²) >= 11 is 0. The van der Waals surface area contributed by atoms with E-state index in [0.29, 0.717) is 60.5 Å². The number of ketones is 1. The Morgan fingerprint density at radius 2 is 1.68 bits per heavy atom. The molecular weight excluding hydrogens is 558 g/mol. The molecule has 0 bridgehead atoms. The molecule has 3 aromatic rings. The summed E-state index contributed by atoms with van der Waals surface area (Å²) < 4.78 is 28.1. The summed E-state index contributed by atoms with van der Waals surface area (Å²) in [5.41, 5.74) is 4.72. The minimum atomic E-state index is -0.749. The molecule has 1 aliphatic heterocycles. The minimum absolute atomic E-state index is 0.0324. The molecule has 3 aromatic carbocycles. The minimum Gasteiger partial charge on any atom is -0.493 e. The van der Waals surface area contributed by atoms with E-state index >= 15 is 0 Å². The first-order chi connectivity index (χ1) is 21.4. The number of ether oxygens (including phenoxy) is 5. The molecule has 8 nitrogen and oxygen atoms in total. The lowest BCUT2D eigenvalue weighted by molar-refractivity contribution is -0.148. The summed E-state index contributed by atoms with van der Waals surface area (Å²) in [7, 11) is 3.19. The Morgan fingerprint density at radius 3 is 2.43 bits per heavy atom. The average Bonchev–Trinajstić information content (AvgIpc) is 3.05. The lowest BCUT2D eigenvalue weighted by Crippen LogP contribution is -2.38. The highest BCUT2D eigenvalue weighted by atomic mass is 16.6. The van der Waals surface area contributed by atoms with Gasteiger partial charge in [-0.25, -0.2) is 0 Å². The van der Waals surface area contributed by atoms with E-state index in [-0.39, 0.29) is 24.7 Å². The fourth-order valence-corrected chi connectivity index (χ4v) is 6.04. The Labute approximate surface area is 258 Å². The summed E-state index contributed by atoms with van der Waals surface area (Å²) in [5.74, 6) is 0.0492. The van der Waals surface area contributed by atoms with Crippen LogP contribution in [-0.2, 0) is 25.7 Å². The van der Waals surface area contributed by atoms with Gasteiger partial charge in [-0.2, -0.15) is 0 Å². The highest BCUT2D eigenvalue weighted by Gasteiger charge is 2.45. The van der Waals surface area contributed by atoms with Crippen molar-refractivity contribution in [1.82, 2.24) is 0 Å². The molecule has 0 N–H and O–H groups in total. The number of nitrogens with zero attached hydrogens (tertiary/aromatic N) is 1. The van der Waals surface area contributed by atoms with Crippen molar-refractivity contribution in [3.63, 3.8) is 0 Å². The SMILES string of the molecule is CCOCCOC(=O)C1C(C)=NC2=C(C(=O)CC(c3ccc(OC)c(OC)c3)C2)C1c1cccc(OCc2ccccc2)c1. The second kappa shape index (κ2) is 14.4. The van der Waals surface area contributed by atoms with Gasteiger partial charge in [0.15, 0.2) is 17.3 Å². The van der Waals surface area contributed by atoms with E-state index in [1.165, 1.54) is 0 Å². The van der Waals surface area contributed by atoms with Crippen molar-refractivity contribution >= 4 is 17.5 Å². The number of carbonyl (C=O) groups excluding carboxylic acids is 2. The Morgan fingerprint density at radius 1 is 0.886 bits per heavy atom. The Balaban J connectivity index is 1.49. The largest absolute Gasteiger partial charge is 0.493 e. The molecule has 0 saturated carbocycles. The second-order valence-corrected chi connectivity index (χ2v) is 10.9. The third-order valence-corrected chi connectivity index (χ3v) is 8.16. The maximum atomic E-state index is 14.1. The number of carbonyl (C=O) groups is 2. The van der Waals surface area contributed by atoms with Gasteiger partial charge in [-0.1, -0.05) is 48.5 Å². The van der Waals surface area contributed by atoms with E-state index in [0.717, 1.165) is 16.7 Å². The maximum absolute atomic E-state index is 14.1. The molecule has 0 fully saturated rings. The summed E-state index contributed by atoms with van der Waals surface area (Å²) in [6.07, 6.45) is 0.844. The second-order valence-electron chi connectivity index (χ2n) is 10.9. The standard InChI is InChI=1S/C36H39NO7/c1-5-42-16-17-43-36(39)33-23(2)37-29-19-27(25-14-15-31(40-3)32(21-25)41-4)20-30(38)35(29)34(33)26-12-9-13-28(18-26)44-22-24-10-7-6-8-11-24/h6-15,18,21,27,33-34H,5,16-17,19-20,22H2,1-4H3. The fourth-order valence-electron chi connectivity index (χ4n) is 6.04. The van der Waals surface area contributed by atoms with Gasteiger partial charge in [-0.15, -0.1) is 0 Å². The van der Waals surface area contributed by atoms with E-state index < -0.39 is 17.8 Å². The van der Waals surface area contributed by atoms with Gasteiger partial charge >= 0.3 is 5.97 Å². The first kappa shape index (κ1) is 31.0. The van der Waals surface area contributed by atoms with Crippen molar-refractivity contribution in [3.05, 3.63) is 101 Å². The maximum Gasteiger partial charge on any atom is 0.315 e. The van der Waals surface area contributed by atoms with Crippen molar-refractivity contribution in [3.8, 4) is 17.2 Å². The van der Waals surface area contributed by atoms with Crippen LogP contribution in [0.15, 0.2) is 89.1 Å². The van der Waals surface area contributed by atoms with Crippen LogP contribution in [0.2, 0.25) is 0 Å². The van der Waals surface area contributed by atoms with Crippen molar-refractivity contribution in [2.24, 2.45) is 10.9 Å². The van der Waals surface area contributed by atoms with E-state index in [2.05, 4.69) is 0 Å². The van der Waals surface area contributed by atoms with Crippen LogP contribution in [0.1, 0.15) is 55.2 Å². The Hall–Kier alpha value is -4.43. The van der Waals surface area contributed by atoms with E-state index in [1.807, 2.05) is 86.6 Å². The molecule has 8 heteroatoms. The number of Topliss-reactive ketones (excluding diaryl/α,β-unsaturated/α-hetero) is 1. The predicted octanol–water partition coefficient (Wildman–Crippen LogP) is 6.44. The van der Waals surface area contributed by atoms with Crippen molar-refractivity contribution < 1.29 is 33.3 Å². The molecule has 3 atom stereocenters. The monoisotopic (exact) mass is 597 g/mol. The van der Waals surface area contributed by atoms with Crippen LogP contribution in [-0.4, -0.2) is 51.5 Å². The molecule has 1 aliphatic carbocycles. The molecule has 5 rings (SSSR count). The number of esters is 1. The van der Waals surface area contributed by atoms with Crippen LogP contribution in [0.25, 0.3) is 0 Å². The normalized spacial score (nSPS) is 19.6. The number of rotatable bonds is 12. The number of aliphatic imine (C=N–C) groups is 1. The van der Waals surface area contributed by atoms with Crippen LogP contribution in [0, 0.1) is 5.92 Å². The molecular formula is C36H39NO7. The predicted molar refractivity (Wildman–Crippen MR) is 168 cm³/mol. The highest BCUT2D eigenvalue weighted by molar-refractivity contribution is 6.09. The van der Waals surface area contributed by atoms with Gasteiger partial charge in [-0.3, -0.25) is 14.6 Å². The lowest BCUT2D eigenvalue weighted by Gasteiger charge is -2.36. The molecule has 0 spiro atoms. The van der Waals surface area contributed by atoms with E-state index in [1.54, 1.807) is 14.2 Å². The van der Waals surface area contributed by atoms with Gasteiger partial charge < -0.3 is 23.7 Å². The molecule has 230 valence electrons. The third kappa shape index (κ3) is 6.86. The lowest BCUT2D eigenvalue weighted by atomic mass is 9.69. The first-order valence-corrected chi connectivity index (χ1v) is 15.0. The van der Waals surface area contributed by atoms with Crippen molar-refractivity contribution in [2.75, 3.05) is 34.0 Å². The quantitative estimate of drug-likeness (QED) is 0.175. The molecule has 1 heterocycles. The van der Waals surface area contributed by atoms with Crippen molar-refractivity contribution in [1.29, 1.82) is 0 Å². The molecule has 0 aromatic heterocycles. The topological polar surface area (TPSA) is 92.7 Å². The molecule has 0 radical (unpaired) electrons. The zero-order chi connectivity index (χ0) is 31.1. The van der Waals surface area contributed by atoms with Gasteiger partial charge in [0.1, 0.15) is 24.9 Å². The summed E-state index contributed by atoms with van der Waals surface area (Å²) in [5, 5.41) is 0. The summed E-state index contributed by atoms with van der Waals surface area (Å²) in [4.78, 5) is 32.5. The van der Waals surface area contributed by atoms with E-state index in [4.69, 9.17) is 28.7 Å². The molecule has 0 saturated heterocycles. The van der Waals surface area contributed by atoms with Gasteiger partial charge in [0, 0.05) is 35.9 Å². The van der Waals surface area contributed by atoms with E-state index in [9.17, 15) is 9.59 Å². The average molecular weight is 598 g/mol. The van der Waals surface area contributed by atoms with Gasteiger partial charge in [0.05, 0.1) is 20.8 Å². The zero-order valence-electron chi connectivity index (χ0n) is 25.7. The molecule has 3 unspecified atom stereocenters. The van der Waals surface area contributed by atoms with Crippen molar-refractivity contribution in [2.45, 2.75) is 45.1 Å². The first-order valence-electron chi connectivity index (χ1n) is 15.0. The highest BCUT2D eigenvalue weighted by Crippen LogP contribution is 2.48. The van der Waals surface area contributed by atoms with Gasteiger partial charge in [0.2, 0.25) is 0 Å². The fraction of sp³-hybridized carbons (Fsp3) is 0.361. The summed E-state index contributed by atoms with van der Waals surface area (Å²) in [6, 6.07) is 23.3. The number of benzene rings is 3. The Bertz CT molecular complexity index is 1550. The number of hydrogen-bond acceptors (Lipinski definition) is 8. The zero-order valence-corrected chi connectivity index (χ0v) is 25.7. The molecule has 44 heavy (non-hydrogen) atoms. The number of allylic oxidation sites excluding steroid dienone is 2. The van der Waals surface area contributed by atoms with Crippen LogP contribution >= 0.6 is 0 Å². The molecule has 0 amide bonds. The smallest absolute Gasteiger partial charge is 0.315 e. The van der Waals surface area contributed by atoms with Crippen LogP contribution in [0.3, 0.4) is 0 Å². The van der Waals surface area contributed by atoms with Crippen LogP contribution in [0.4, 0.5) is 0 Å². The van der Waals surface area contributed by atoms with Gasteiger partial charge in [-0.05, 0) is 67.1 Å². The number of hydrogen-bond donors (Lipinski definition) is 0. The van der Waals surface area contributed by atoms with Gasteiger partial charge in [0.25, 0.3) is 0 Å². The van der Waals surface area contributed by atoms with Crippen LogP contribution < -0.4 is 14.2 Å². The molecule has 2 aliphatic rings. The Kier molecular flexibility index (Phi) is 10.1. The third-order valence-electron chi connectivity index (χ3n) is 8.16.